The summed E-state index contributed by atoms with van der Waals surface area (Å²) >= 11 is 6.06. The van der Waals surface area contributed by atoms with Gasteiger partial charge in [-0.25, -0.2) is 4.39 Å². The Bertz CT molecular complexity index is 870. The minimum atomic E-state index is -0.483. The van der Waals surface area contributed by atoms with Crippen molar-refractivity contribution in [1.29, 1.82) is 0 Å². The monoisotopic (exact) mass is 450 g/mol. The third-order valence-electron chi connectivity index (χ3n) is 5.25. The lowest BCUT2D eigenvalue weighted by molar-refractivity contribution is -0.120. The van der Waals surface area contributed by atoms with E-state index in [1.54, 1.807) is 13.2 Å². The fourth-order valence-electron chi connectivity index (χ4n) is 3.65. The largest absolute Gasteiger partial charge is 0.493 e. The van der Waals surface area contributed by atoms with Gasteiger partial charge in [0.2, 0.25) is 5.91 Å². The third-order valence-corrected chi connectivity index (χ3v) is 5.60. The number of carbonyl (C=O) groups excluding carboxylic acids is 1. The topological polar surface area (TPSA) is 60.0 Å². The predicted octanol–water partition coefficient (Wildman–Crippen LogP) is 3.62. The van der Waals surface area contributed by atoms with Gasteiger partial charge in [0.05, 0.1) is 39.4 Å². The summed E-state index contributed by atoms with van der Waals surface area (Å²) in [6.45, 7) is 5.57. The zero-order valence-corrected chi connectivity index (χ0v) is 18.6. The molecule has 0 saturated carbocycles. The van der Waals surface area contributed by atoms with Crippen molar-refractivity contribution in [2.45, 2.75) is 19.4 Å². The highest BCUT2D eigenvalue weighted by Gasteiger charge is 2.25. The van der Waals surface area contributed by atoms with Gasteiger partial charge >= 0.3 is 0 Å². The van der Waals surface area contributed by atoms with Crippen molar-refractivity contribution < 1.29 is 23.4 Å². The van der Waals surface area contributed by atoms with E-state index in [1.165, 1.54) is 12.1 Å². The van der Waals surface area contributed by atoms with Crippen molar-refractivity contribution in [3.8, 4) is 11.5 Å². The van der Waals surface area contributed by atoms with Gasteiger partial charge in [0, 0.05) is 30.2 Å². The van der Waals surface area contributed by atoms with Gasteiger partial charge in [0.1, 0.15) is 5.82 Å². The first-order valence-electron chi connectivity index (χ1n) is 10.4. The summed E-state index contributed by atoms with van der Waals surface area (Å²) in [5.41, 5.74) is 1.19. The molecule has 0 aromatic heterocycles. The molecule has 1 amide bonds. The minimum absolute atomic E-state index is 0.0893. The molecule has 1 heterocycles. The second-order valence-electron chi connectivity index (χ2n) is 7.19. The summed E-state index contributed by atoms with van der Waals surface area (Å²) < 4.78 is 30.6. The number of morpholine rings is 1. The van der Waals surface area contributed by atoms with Gasteiger partial charge in [-0.2, -0.15) is 0 Å². The van der Waals surface area contributed by atoms with Crippen LogP contribution in [0.3, 0.4) is 0 Å². The Labute approximate surface area is 187 Å². The predicted molar refractivity (Wildman–Crippen MR) is 117 cm³/mol. The molecule has 6 nitrogen and oxygen atoms in total. The standard InChI is InChI=1S/C23H28ClFN2O4/c1-3-31-21-8-7-16(13-22(21)29-2)20(27-9-11-30-12-10-27)15-26-23(28)14-17-18(24)5-4-6-19(17)25/h4-8,13,20H,3,9-12,14-15H2,1-2H3,(H,26,28). The van der Waals surface area contributed by atoms with Crippen LogP contribution in [0.25, 0.3) is 0 Å². The molecule has 0 aliphatic carbocycles. The van der Waals surface area contributed by atoms with E-state index in [4.69, 9.17) is 25.8 Å². The molecular weight excluding hydrogens is 423 g/mol. The summed E-state index contributed by atoms with van der Waals surface area (Å²) in [6, 6.07) is 10.1. The second kappa shape index (κ2) is 11.3. The van der Waals surface area contributed by atoms with E-state index in [1.807, 2.05) is 25.1 Å². The normalized spacial score (nSPS) is 15.4. The number of nitrogens with zero attached hydrogens (tertiary/aromatic N) is 1. The fourth-order valence-corrected chi connectivity index (χ4v) is 3.88. The molecule has 0 spiro atoms. The number of hydrogen-bond donors (Lipinski definition) is 1. The number of methoxy groups -OCH3 is 1. The van der Waals surface area contributed by atoms with Crippen LogP contribution in [0.4, 0.5) is 4.39 Å². The van der Waals surface area contributed by atoms with Gasteiger partial charge in [-0.05, 0) is 36.8 Å². The zero-order chi connectivity index (χ0) is 22.2. The lowest BCUT2D eigenvalue weighted by Crippen LogP contribution is -2.44. The van der Waals surface area contributed by atoms with Crippen LogP contribution in [-0.4, -0.2) is 57.4 Å². The highest BCUT2D eigenvalue weighted by Crippen LogP contribution is 2.32. The van der Waals surface area contributed by atoms with Crippen LogP contribution in [0.15, 0.2) is 36.4 Å². The molecule has 8 heteroatoms. The van der Waals surface area contributed by atoms with Gasteiger partial charge in [0.15, 0.2) is 11.5 Å². The Hall–Kier alpha value is -2.35. The van der Waals surface area contributed by atoms with E-state index < -0.39 is 5.82 Å². The average Bonchev–Trinajstić information content (AvgIpc) is 2.78. The number of benzene rings is 2. The summed E-state index contributed by atoms with van der Waals surface area (Å²) in [4.78, 5) is 14.8. The third kappa shape index (κ3) is 6.09. The van der Waals surface area contributed by atoms with Crippen LogP contribution in [0.2, 0.25) is 5.02 Å². The highest BCUT2D eigenvalue weighted by molar-refractivity contribution is 6.31. The SMILES string of the molecule is CCOc1ccc(C(CNC(=O)Cc2c(F)cccc2Cl)N2CCOCC2)cc1OC. The van der Waals surface area contributed by atoms with E-state index in [0.717, 1.165) is 18.7 Å². The molecule has 1 N–H and O–H groups in total. The molecule has 0 bridgehead atoms. The van der Waals surface area contributed by atoms with Crippen molar-refractivity contribution in [1.82, 2.24) is 10.2 Å². The Morgan fingerprint density at radius 3 is 2.71 bits per heavy atom. The number of hydrogen-bond acceptors (Lipinski definition) is 5. The molecule has 1 fully saturated rings. The molecule has 1 aliphatic heterocycles. The second-order valence-corrected chi connectivity index (χ2v) is 7.60. The van der Waals surface area contributed by atoms with Crippen LogP contribution >= 0.6 is 11.6 Å². The Balaban J connectivity index is 1.76. The first-order valence-corrected chi connectivity index (χ1v) is 10.7. The minimum Gasteiger partial charge on any atom is -0.493 e. The maximum Gasteiger partial charge on any atom is 0.224 e. The highest BCUT2D eigenvalue weighted by atomic mass is 35.5. The van der Waals surface area contributed by atoms with E-state index >= 15 is 0 Å². The molecule has 2 aromatic carbocycles. The smallest absolute Gasteiger partial charge is 0.224 e. The van der Waals surface area contributed by atoms with E-state index in [-0.39, 0.29) is 29.0 Å². The molecule has 1 saturated heterocycles. The van der Waals surface area contributed by atoms with Crippen LogP contribution in [0, 0.1) is 5.82 Å². The van der Waals surface area contributed by atoms with Gasteiger partial charge in [0.25, 0.3) is 0 Å². The molecule has 168 valence electrons. The van der Waals surface area contributed by atoms with E-state index in [2.05, 4.69) is 10.2 Å². The van der Waals surface area contributed by atoms with Crippen LogP contribution in [-0.2, 0) is 16.0 Å². The Morgan fingerprint density at radius 2 is 2.03 bits per heavy atom. The molecule has 31 heavy (non-hydrogen) atoms. The summed E-state index contributed by atoms with van der Waals surface area (Å²) in [5, 5.41) is 3.19. The number of ether oxygens (including phenoxy) is 3. The molecule has 2 aromatic rings. The quantitative estimate of drug-likeness (QED) is 0.632. The Morgan fingerprint density at radius 1 is 1.26 bits per heavy atom. The maximum absolute atomic E-state index is 14.0. The van der Waals surface area contributed by atoms with Crippen LogP contribution in [0.5, 0.6) is 11.5 Å². The van der Waals surface area contributed by atoms with Crippen molar-refractivity contribution in [2.24, 2.45) is 0 Å². The van der Waals surface area contributed by atoms with Gasteiger partial charge in [-0.1, -0.05) is 23.7 Å². The summed E-state index contributed by atoms with van der Waals surface area (Å²) in [7, 11) is 1.60. The van der Waals surface area contributed by atoms with Crippen molar-refractivity contribution >= 4 is 17.5 Å². The molecule has 1 atom stereocenters. The number of carbonyl (C=O) groups is 1. The number of nitrogens with one attached hydrogen (secondary N) is 1. The van der Waals surface area contributed by atoms with Gasteiger partial charge < -0.3 is 19.5 Å². The molecule has 0 radical (unpaired) electrons. The van der Waals surface area contributed by atoms with Crippen molar-refractivity contribution in [2.75, 3.05) is 46.6 Å². The average molecular weight is 451 g/mol. The van der Waals surface area contributed by atoms with Crippen molar-refractivity contribution in [3.63, 3.8) is 0 Å². The van der Waals surface area contributed by atoms with E-state index in [9.17, 15) is 9.18 Å². The van der Waals surface area contributed by atoms with Gasteiger partial charge in [-0.15, -0.1) is 0 Å². The molecule has 3 rings (SSSR count). The lowest BCUT2D eigenvalue weighted by atomic mass is 10.0. The number of halogens is 2. The summed E-state index contributed by atoms with van der Waals surface area (Å²) in [6.07, 6.45) is -0.117. The zero-order valence-electron chi connectivity index (χ0n) is 17.8. The van der Waals surface area contributed by atoms with E-state index in [0.29, 0.717) is 37.9 Å². The lowest BCUT2D eigenvalue weighted by Gasteiger charge is -2.35. The molecule has 1 aliphatic rings. The number of rotatable bonds is 9. The molecule has 1 unspecified atom stereocenters. The van der Waals surface area contributed by atoms with Crippen LogP contribution in [0.1, 0.15) is 24.1 Å². The van der Waals surface area contributed by atoms with Crippen molar-refractivity contribution in [3.05, 3.63) is 58.4 Å². The number of amides is 1. The molecular formula is C23H28ClFN2O4. The van der Waals surface area contributed by atoms with Gasteiger partial charge in [-0.3, -0.25) is 9.69 Å². The fraction of sp³-hybridized carbons (Fsp3) is 0.435. The first-order chi connectivity index (χ1) is 15.0. The first kappa shape index (κ1) is 23.3. The Kier molecular flexibility index (Phi) is 8.51. The maximum atomic E-state index is 14.0. The summed E-state index contributed by atoms with van der Waals surface area (Å²) in [5.74, 6) is 0.543. The van der Waals surface area contributed by atoms with Crippen LogP contribution < -0.4 is 14.8 Å².